The predicted molar refractivity (Wildman–Crippen MR) is 65.9 cm³/mol. The lowest BCUT2D eigenvalue weighted by molar-refractivity contribution is 0.341. The average Bonchev–Trinajstić information content (AvgIpc) is 2.56. The molecule has 0 aliphatic rings. The first kappa shape index (κ1) is 10.7. The summed E-state index contributed by atoms with van der Waals surface area (Å²) in [5.41, 5.74) is 5.61. The molecule has 15 heavy (non-hydrogen) atoms. The van der Waals surface area contributed by atoms with Crippen LogP contribution in [0.4, 0.5) is 0 Å². The first-order chi connectivity index (χ1) is 7.26. The summed E-state index contributed by atoms with van der Waals surface area (Å²) < 4.78 is 6.56. The van der Waals surface area contributed by atoms with Gasteiger partial charge in [-0.15, -0.1) is 11.3 Å². The first-order valence-corrected chi connectivity index (χ1v) is 5.99. The quantitative estimate of drug-likeness (QED) is 0.894. The standard InChI is InChI=1S/C11H12ClNOS/c1-2-14-7-3-4-8-9(5-7)15-10(6-13)11(8)12/h3-5H,2,6,13H2,1H3. The van der Waals surface area contributed by atoms with Crippen molar-refractivity contribution in [1.82, 2.24) is 0 Å². The van der Waals surface area contributed by atoms with Crippen LogP contribution in [0.5, 0.6) is 5.75 Å². The fourth-order valence-electron chi connectivity index (χ4n) is 1.48. The molecule has 0 spiro atoms. The molecule has 0 bridgehead atoms. The van der Waals surface area contributed by atoms with Crippen molar-refractivity contribution in [3.63, 3.8) is 0 Å². The molecule has 0 amide bonds. The molecule has 80 valence electrons. The molecular formula is C11H12ClNOS. The lowest BCUT2D eigenvalue weighted by Crippen LogP contribution is -1.92. The molecule has 4 heteroatoms. The van der Waals surface area contributed by atoms with Crippen LogP contribution in [-0.4, -0.2) is 6.61 Å². The maximum absolute atomic E-state index is 6.18. The van der Waals surface area contributed by atoms with Gasteiger partial charge in [0.25, 0.3) is 0 Å². The second-order valence-electron chi connectivity index (χ2n) is 3.13. The zero-order valence-corrected chi connectivity index (χ0v) is 9.99. The van der Waals surface area contributed by atoms with Crippen molar-refractivity contribution in [3.05, 3.63) is 28.1 Å². The summed E-state index contributed by atoms with van der Waals surface area (Å²) in [5.74, 6) is 0.881. The van der Waals surface area contributed by atoms with Crippen molar-refractivity contribution < 1.29 is 4.74 Å². The third-order valence-corrected chi connectivity index (χ3v) is 3.88. The summed E-state index contributed by atoms with van der Waals surface area (Å²) in [7, 11) is 0. The molecule has 2 nitrogen and oxygen atoms in total. The molecule has 2 aromatic rings. The van der Waals surface area contributed by atoms with E-state index in [4.69, 9.17) is 22.1 Å². The monoisotopic (exact) mass is 241 g/mol. The minimum atomic E-state index is 0.488. The topological polar surface area (TPSA) is 35.2 Å². The molecule has 1 aromatic carbocycles. The van der Waals surface area contributed by atoms with Crippen molar-refractivity contribution in [2.24, 2.45) is 5.73 Å². The fraction of sp³-hybridized carbons (Fsp3) is 0.273. The second-order valence-corrected chi connectivity index (χ2v) is 4.65. The molecule has 2 rings (SSSR count). The van der Waals surface area contributed by atoms with Crippen molar-refractivity contribution in [1.29, 1.82) is 0 Å². The van der Waals surface area contributed by atoms with Gasteiger partial charge >= 0.3 is 0 Å². The zero-order valence-electron chi connectivity index (χ0n) is 8.42. The van der Waals surface area contributed by atoms with Gasteiger partial charge < -0.3 is 10.5 Å². The Bertz CT molecular complexity index is 481. The van der Waals surface area contributed by atoms with E-state index in [1.165, 1.54) is 0 Å². The van der Waals surface area contributed by atoms with Gasteiger partial charge in [0.05, 0.1) is 11.6 Å². The summed E-state index contributed by atoms with van der Waals surface area (Å²) >= 11 is 7.80. The van der Waals surface area contributed by atoms with Crippen LogP contribution in [0.2, 0.25) is 5.02 Å². The van der Waals surface area contributed by atoms with Gasteiger partial charge in [-0.05, 0) is 25.1 Å². The second kappa shape index (κ2) is 4.39. The van der Waals surface area contributed by atoms with Gasteiger partial charge in [-0.25, -0.2) is 0 Å². The van der Waals surface area contributed by atoms with Crippen molar-refractivity contribution in [3.8, 4) is 5.75 Å². The lowest BCUT2D eigenvalue weighted by atomic mass is 10.2. The van der Waals surface area contributed by atoms with Crippen LogP contribution >= 0.6 is 22.9 Å². The molecular weight excluding hydrogens is 230 g/mol. The number of hydrogen-bond acceptors (Lipinski definition) is 3. The molecule has 1 heterocycles. The number of benzene rings is 1. The molecule has 0 saturated heterocycles. The van der Waals surface area contributed by atoms with Gasteiger partial charge in [0.2, 0.25) is 0 Å². The number of nitrogens with two attached hydrogens (primary N) is 1. The number of halogens is 1. The van der Waals surface area contributed by atoms with Crippen LogP contribution in [-0.2, 0) is 6.54 Å². The highest BCUT2D eigenvalue weighted by Gasteiger charge is 2.09. The Balaban J connectivity index is 2.53. The van der Waals surface area contributed by atoms with Gasteiger partial charge in [0.15, 0.2) is 0 Å². The third-order valence-electron chi connectivity index (χ3n) is 2.16. The molecule has 1 aromatic heterocycles. The van der Waals surface area contributed by atoms with Crippen molar-refractivity contribution in [2.75, 3.05) is 6.61 Å². The van der Waals surface area contributed by atoms with Crippen LogP contribution in [0.25, 0.3) is 10.1 Å². The van der Waals surface area contributed by atoms with Crippen molar-refractivity contribution >= 4 is 33.0 Å². The molecule has 0 fully saturated rings. The minimum absolute atomic E-state index is 0.488. The number of rotatable bonds is 3. The van der Waals surface area contributed by atoms with E-state index in [-0.39, 0.29) is 0 Å². The average molecular weight is 242 g/mol. The highest BCUT2D eigenvalue weighted by molar-refractivity contribution is 7.19. The van der Waals surface area contributed by atoms with Crippen LogP contribution < -0.4 is 10.5 Å². The smallest absolute Gasteiger partial charge is 0.120 e. The number of thiophene rings is 1. The summed E-state index contributed by atoms with van der Waals surface area (Å²) in [5, 5.41) is 1.84. The summed E-state index contributed by atoms with van der Waals surface area (Å²) in [6.07, 6.45) is 0. The Hall–Kier alpha value is -0.770. The van der Waals surface area contributed by atoms with Crippen LogP contribution in [0.1, 0.15) is 11.8 Å². The zero-order chi connectivity index (χ0) is 10.8. The molecule has 0 unspecified atom stereocenters. The minimum Gasteiger partial charge on any atom is -0.494 e. The van der Waals surface area contributed by atoms with E-state index in [2.05, 4.69) is 0 Å². The fourth-order valence-corrected chi connectivity index (χ4v) is 2.90. The SMILES string of the molecule is CCOc1ccc2c(Cl)c(CN)sc2c1. The Morgan fingerprint density at radius 1 is 1.47 bits per heavy atom. The molecule has 0 aliphatic heterocycles. The largest absolute Gasteiger partial charge is 0.494 e. The van der Waals surface area contributed by atoms with Crippen LogP contribution in [0.3, 0.4) is 0 Å². The molecule has 0 saturated carbocycles. The summed E-state index contributed by atoms with van der Waals surface area (Å²) in [6.45, 7) is 3.13. The number of ether oxygens (including phenoxy) is 1. The molecule has 2 N–H and O–H groups in total. The predicted octanol–water partition coefficient (Wildman–Crippen LogP) is 3.41. The van der Waals surface area contributed by atoms with Crippen molar-refractivity contribution in [2.45, 2.75) is 13.5 Å². The molecule has 0 atom stereocenters. The molecule has 0 radical (unpaired) electrons. The van der Waals surface area contributed by atoms with Gasteiger partial charge in [-0.1, -0.05) is 11.6 Å². The normalized spacial score (nSPS) is 10.9. The highest BCUT2D eigenvalue weighted by atomic mass is 35.5. The van der Waals surface area contributed by atoms with Crippen LogP contribution in [0, 0.1) is 0 Å². The highest BCUT2D eigenvalue weighted by Crippen LogP contribution is 2.36. The number of fused-ring (bicyclic) bond motifs is 1. The number of hydrogen-bond donors (Lipinski definition) is 1. The third kappa shape index (κ3) is 1.95. The first-order valence-electron chi connectivity index (χ1n) is 4.80. The summed E-state index contributed by atoms with van der Waals surface area (Å²) in [6, 6.07) is 5.93. The lowest BCUT2D eigenvalue weighted by Gasteiger charge is -2.01. The Labute approximate surface area is 97.6 Å². The van der Waals surface area contributed by atoms with Gasteiger partial charge in [-0.3, -0.25) is 0 Å². The van der Waals surface area contributed by atoms with E-state index in [0.29, 0.717) is 13.2 Å². The maximum Gasteiger partial charge on any atom is 0.120 e. The Morgan fingerprint density at radius 3 is 2.93 bits per heavy atom. The Kier molecular flexibility index (Phi) is 3.14. The van der Waals surface area contributed by atoms with Gasteiger partial charge in [0.1, 0.15) is 5.75 Å². The van der Waals surface area contributed by atoms with E-state index in [9.17, 15) is 0 Å². The molecule has 0 aliphatic carbocycles. The van der Waals surface area contributed by atoms with Gasteiger partial charge in [-0.2, -0.15) is 0 Å². The van der Waals surface area contributed by atoms with E-state index < -0.39 is 0 Å². The van der Waals surface area contributed by atoms with E-state index in [0.717, 1.165) is 25.7 Å². The van der Waals surface area contributed by atoms with E-state index >= 15 is 0 Å². The Morgan fingerprint density at radius 2 is 2.27 bits per heavy atom. The van der Waals surface area contributed by atoms with E-state index in [1.54, 1.807) is 11.3 Å². The van der Waals surface area contributed by atoms with E-state index in [1.807, 2.05) is 25.1 Å². The van der Waals surface area contributed by atoms with Gasteiger partial charge in [0, 0.05) is 21.5 Å². The summed E-state index contributed by atoms with van der Waals surface area (Å²) in [4.78, 5) is 1.03. The maximum atomic E-state index is 6.18. The van der Waals surface area contributed by atoms with Crippen LogP contribution in [0.15, 0.2) is 18.2 Å².